The summed E-state index contributed by atoms with van der Waals surface area (Å²) in [4.78, 5) is 33.7. The third-order valence-electron chi connectivity index (χ3n) is 6.74. The van der Waals surface area contributed by atoms with Crippen molar-refractivity contribution in [2.24, 2.45) is 0 Å². The zero-order chi connectivity index (χ0) is 26.5. The zero-order valence-electron chi connectivity index (χ0n) is 21.4. The van der Waals surface area contributed by atoms with Crippen LogP contribution in [0.3, 0.4) is 0 Å². The molecule has 1 saturated heterocycles. The van der Waals surface area contributed by atoms with Crippen molar-refractivity contribution in [3.63, 3.8) is 0 Å². The van der Waals surface area contributed by atoms with Gasteiger partial charge in [0, 0.05) is 57.0 Å². The highest BCUT2D eigenvalue weighted by molar-refractivity contribution is 7.16. The molecule has 1 aliphatic heterocycles. The number of aryl methyl sites for hydroxylation is 1. The van der Waals surface area contributed by atoms with E-state index >= 15 is 0 Å². The minimum absolute atomic E-state index is 0.0706. The molecule has 5 rings (SSSR count). The molecule has 0 unspecified atom stereocenters. The molecule has 0 radical (unpaired) electrons. The fourth-order valence-corrected chi connectivity index (χ4v) is 5.57. The first kappa shape index (κ1) is 25.7. The Morgan fingerprint density at radius 1 is 1.03 bits per heavy atom. The molecule has 0 atom stereocenters. The topological polar surface area (TPSA) is 109 Å². The Hall–Kier alpha value is -3.99. The fourth-order valence-electron chi connectivity index (χ4n) is 4.63. The van der Waals surface area contributed by atoms with E-state index in [0.29, 0.717) is 49.2 Å². The van der Waals surface area contributed by atoms with Gasteiger partial charge in [0.15, 0.2) is 0 Å². The van der Waals surface area contributed by atoms with Crippen molar-refractivity contribution < 1.29 is 4.92 Å². The van der Waals surface area contributed by atoms with E-state index in [2.05, 4.69) is 27.1 Å². The number of anilines is 3. The number of unbranched alkanes of at least 4 members (excludes halogenated alkanes) is 1. The first-order valence-electron chi connectivity index (χ1n) is 13.0. The predicted octanol–water partition coefficient (Wildman–Crippen LogP) is 4.38. The molecule has 2 aromatic heterocycles. The number of nitrogens with one attached hydrogen (secondary N) is 1. The molecule has 198 valence electrons. The number of fused-ring (bicyclic) bond motifs is 1. The SMILES string of the molecule is CCCCc1nn2c(=O)cc(N3CCN(c4ccc([N+](=O)[O-])c(NCCc5ccccc5)c4)CC3)nc2s1. The lowest BCUT2D eigenvalue weighted by molar-refractivity contribution is -0.383. The molecule has 0 amide bonds. The molecule has 4 aromatic rings. The third kappa shape index (κ3) is 5.77. The second kappa shape index (κ2) is 11.6. The maximum Gasteiger partial charge on any atom is 0.292 e. The Morgan fingerprint density at radius 3 is 2.53 bits per heavy atom. The standard InChI is InChI=1S/C27H31N7O3S/c1-2-3-9-25-30-33-26(35)19-24(29-27(33)38-25)32-16-14-31(15-17-32)21-10-11-23(34(36)37)22(18-21)28-13-12-20-7-5-4-6-8-20/h4-8,10-11,18-19,28H,2-3,9,12-17H2,1H3. The molecule has 1 fully saturated rings. The number of aromatic nitrogens is 3. The largest absolute Gasteiger partial charge is 0.379 e. The molecule has 0 spiro atoms. The van der Waals surface area contributed by atoms with Crippen LogP contribution in [-0.2, 0) is 12.8 Å². The van der Waals surface area contributed by atoms with Gasteiger partial charge in [-0.3, -0.25) is 14.9 Å². The number of piperazine rings is 1. The molecule has 10 nitrogen and oxygen atoms in total. The molecule has 11 heteroatoms. The molecule has 0 bridgehead atoms. The first-order valence-corrected chi connectivity index (χ1v) is 13.8. The number of nitrogens with zero attached hydrogens (tertiary/aromatic N) is 6. The zero-order valence-corrected chi connectivity index (χ0v) is 22.2. The van der Waals surface area contributed by atoms with E-state index in [-0.39, 0.29) is 16.2 Å². The number of hydrogen-bond donors (Lipinski definition) is 1. The summed E-state index contributed by atoms with van der Waals surface area (Å²) >= 11 is 1.48. The summed E-state index contributed by atoms with van der Waals surface area (Å²) in [5.41, 5.74) is 2.55. The first-order chi connectivity index (χ1) is 18.5. The molecule has 3 heterocycles. The van der Waals surface area contributed by atoms with Crippen LogP contribution in [0.25, 0.3) is 4.96 Å². The van der Waals surface area contributed by atoms with Crippen LogP contribution in [0.4, 0.5) is 22.9 Å². The van der Waals surface area contributed by atoms with Gasteiger partial charge >= 0.3 is 0 Å². The van der Waals surface area contributed by atoms with E-state index < -0.39 is 0 Å². The summed E-state index contributed by atoms with van der Waals surface area (Å²) in [7, 11) is 0. The average molecular weight is 534 g/mol. The molecule has 0 aliphatic carbocycles. The molecular weight excluding hydrogens is 502 g/mol. The Morgan fingerprint density at radius 2 is 1.79 bits per heavy atom. The van der Waals surface area contributed by atoms with Crippen molar-refractivity contribution in [1.82, 2.24) is 14.6 Å². The van der Waals surface area contributed by atoms with E-state index in [0.717, 1.165) is 36.4 Å². The van der Waals surface area contributed by atoms with Gasteiger partial charge in [-0.15, -0.1) is 0 Å². The Bertz CT molecular complexity index is 1460. The number of rotatable bonds is 10. The van der Waals surface area contributed by atoms with E-state index in [1.54, 1.807) is 12.1 Å². The minimum Gasteiger partial charge on any atom is -0.379 e. The monoisotopic (exact) mass is 533 g/mol. The van der Waals surface area contributed by atoms with Crippen LogP contribution in [0, 0.1) is 10.1 Å². The normalized spacial score (nSPS) is 13.7. The number of nitro groups is 1. The number of benzene rings is 2. The highest BCUT2D eigenvalue weighted by Crippen LogP contribution is 2.30. The van der Waals surface area contributed by atoms with Crippen LogP contribution >= 0.6 is 11.3 Å². The van der Waals surface area contributed by atoms with Gasteiger partial charge in [0.25, 0.3) is 11.2 Å². The molecule has 0 saturated carbocycles. The molecule has 1 N–H and O–H groups in total. The predicted molar refractivity (Wildman–Crippen MR) is 152 cm³/mol. The number of hydrogen-bond acceptors (Lipinski definition) is 9. The van der Waals surface area contributed by atoms with E-state index in [1.807, 2.05) is 42.5 Å². The van der Waals surface area contributed by atoms with Crippen molar-refractivity contribution in [3.05, 3.63) is 85.6 Å². The van der Waals surface area contributed by atoms with Crippen molar-refractivity contribution >= 4 is 39.2 Å². The maximum atomic E-state index is 12.7. The van der Waals surface area contributed by atoms with E-state index in [9.17, 15) is 14.9 Å². The van der Waals surface area contributed by atoms with Crippen LogP contribution in [0.5, 0.6) is 0 Å². The number of nitro benzene ring substituents is 1. The Kier molecular flexibility index (Phi) is 7.83. The molecule has 1 aliphatic rings. The second-order valence-corrected chi connectivity index (χ2v) is 10.4. The van der Waals surface area contributed by atoms with E-state index in [1.165, 1.54) is 21.4 Å². The quantitative estimate of drug-likeness (QED) is 0.236. The minimum atomic E-state index is -0.347. The van der Waals surface area contributed by atoms with Gasteiger partial charge in [0.1, 0.15) is 16.5 Å². The average Bonchev–Trinajstić information content (AvgIpc) is 3.36. The molecular formula is C27H31N7O3S. The van der Waals surface area contributed by atoms with Gasteiger partial charge < -0.3 is 15.1 Å². The summed E-state index contributed by atoms with van der Waals surface area (Å²) in [5, 5.41) is 20.3. The van der Waals surface area contributed by atoms with Crippen LogP contribution < -0.4 is 20.7 Å². The summed E-state index contributed by atoms with van der Waals surface area (Å²) in [6.45, 7) is 5.55. The van der Waals surface area contributed by atoms with Gasteiger partial charge in [0.05, 0.1) is 4.92 Å². The summed E-state index contributed by atoms with van der Waals surface area (Å²) in [5.74, 6) is 0.673. The highest BCUT2D eigenvalue weighted by Gasteiger charge is 2.22. The van der Waals surface area contributed by atoms with Crippen LogP contribution in [0.2, 0.25) is 0 Å². The van der Waals surface area contributed by atoms with Crippen molar-refractivity contribution in [2.45, 2.75) is 32.6 Å². The summed E-state index contributed by atoms with van der Waals surface area (Å²) in [6, 6.07) is 16.9. The Labute approximate surface area is 224 Å². The maximum absolute atomic E-state index is 12.7. The van der Waals surface area contributed by atoms with Crippen LogP contribution in [0.15, 0.2) is 59.4 Å². The van der Waals surface area contributed by atoms with Crippen LogP contribution in [0.1, 0.15) is 30.3 Å². The van der Waals surface area contributed by atoms with Crippen molar-refractivity contribution in [2.75, 3.05) is 47.8 Å². The van der Waals surface area contributed by atoms with E-state index in [4.69, 9.17) is 4.98 Å². The van der Waals surface area contributed by atoms with Crippen LogP contribution in [-0.4, -0.2) is 52.2 Å². The fraction of sp³-hybridized carbons (Fsp3) is 0.370. The summed E-state index contributed by atoms with van der Waals surface area (Å²) in [6.07, 6.45) is 3.75. The lowest BCUT2D eigenvalue weighted by Crippen LogP contribution is -2.47. The lowest BCUT2D eigenvalue weighted by atomic mass is 10.1. The van der Waals surface area contributed by atoms with Gasteiger partial charge in [0.2, 0.25) is 4.96 Å². The summed E-state index contributed by atoms with van der Waals surface area (Å²) < 4.78 is 1.40. The van der Waals surface area contributed by atoms with Crippen molar-refractivity contribution in [1.29, 1.82) is 0 Å². The van der Waals surface area contributed by atoms with Gasteiger partial charge in [-0.2, -0.15) is 9.61 Å². The molecule has 38 heavy (non-hydrogen) atoms. The molecule has 2 aromatic carbocycles. The lowest BCUT2D eigenvalue weighted by Gasteiger charge is -2.36. The second-order valence-electron chi connectivity index (χ2n) is 9.34. The van der Waals surface area contributed by atoms with Gasteiger partial charge in [-0.25, -0.2) is 4.98 Å². The third-order valence-corrected chi connectivity index (χ3v) is 7.70. The Balaban J connectivity index is 1.26. The smallest absolute Gasteiger partial charge is 0.292 e. The van der Waals surface area contributed by atoms with Gasteiger partial charge in [-0.1, -0.05) is 55.0 Å². The van der Waals surface area contributed by atoms with Gasteiger partial charge in [-0.05, 0) is 30.5 Å². The highest BCUT2D eigenvalue weighted by atomic mass is 32.1. The van der Waals surface area contributed by atoms with Crippen molar-refractivity contribution in [3.8, 4) is 0 Å².